The number of nitrogens with zero attached hydrogens (tertiary/aromatic N) is 2. The molecule has 0 bridgehead atoms. The highest BCUT2D eigenvalue weighted by Gasteiger charge is 2.32. The molecule has 0 aromatic heterocycles. The van der Waals surface area contributed by atoms with Gasteiger partial charge in [0, 0.05) is 53.8 Å². The van der Waals surface area contributed by atoms with Crippen LogP contribution in [-0.4, -0.2) is 15.8 Å². The molecule has 4 rings (SSSR count). The molecule has 0 heterocycles. The van der Waals surface area contributed by atoms with Crippen molar-refractivity contribution < 1.29 is 4.76 Å². The van der Waals surface area contributed by atoms with Crippen molar-refractivity contribution in [1.82, 2.24) is 0 Å². The maximum atomic E-state index is 13.0. The van der Waals surface area contributed by atoms with E-state index in [0.717, 1.165) is 31.7 Å². The third kappa shape index (κ3) is 4.73. The van der Waals surface area contributed by atoms with Crippen LogP contribution >= 0.6 is 0 Å². The summed E-state index contributed by atoms with van der Waals surface area (Å²) in [5.74, 6) is 0. The fourth-order valence-corrected chi connectivity index (χ4v) is 4.13. The summed E-state index contributed by atoms with van der Waals surface area (Å²) in [5, 5.41) is 18.7. The van der Waals surface area contributed by atoms with Crippen molar-refractivity contribution in [2.24, 2.45) is 0 Å². The van der Waals surface area contributed by atoms with Crippen molar-refractivity contribution in [2.45, 2.75) is 52.6 Å². The molecular weight excluding hydrogens is 420 g/mol. The Morgan fingerprint density at radius 3 is 1.85 bits per heavy atom. The molecule has 0 aliphatic rings. The number of fused-ring (bicyclic) bond motifs is 2. The predicted octanol–water partition coefficient (Wildman–Crippen LogP) is 8.48. The molecule has 0 unspecified atom stereocenters. The maximum Gasteiger partial charge on any atom is 0.259 e. The van der Waals surface area contributed by atoms with E-state index in [9.17, 15) is 10.1 Å². The molecule has 0 fully saturated rings. The Morgan fingerprint density at radius 2 is 1.32 bits per heavy atom. The molecule has 4 heteroatoms. The summed E-state index contributed by atoms with van der Waals surface area (Å²) in [7, 11) is 0. The number of anilines is 1. The van der Waals surface area contributed by atoms with E-state index in [4.69, 9.17) is 0 Å². The van der Waals surface area contributed by atoms with Crippen molar-refractivity contribution in [3.63, 3.8) is 0 Å². The summed E-state index contributed by atoms with van der Waals surface area (Å²) in [6.45, 7) is 11.2. The molecule has 0 aliphatic carbocycles. The van der Waals surface area contributed by atoms with Gasteiger partial charge in [-0.05, 0) is 65.6 Å². The summed E-state index contributed by atoms with van der Waals surface area (Å²) in [6.07, 6.45) is 4.08. The average molecular weight is 453 g/mol. The van der Waals surface area contributed by atoms with Gasteiger partial charge < -0.3 is 10.3 Å². The van der Waals surface area contributed by atoms with Crippen LogP contribution in [0.25, 0.3) is 33.7 Å². The molecule has 0 radical (unpaired) electrons. The second kappa shape index (κ2) is 8.69. The van der Waals surface area contributed by atoms with Crippen LogP contribution in [0.3, 0.4) is 0 Å². The second-order valence-corrected chi connectivity index (χ2v) is 10.8. The van der Waals surface area contributed by atoms with Crippen molar-refractivity contribution in [3.05, 3.63) is 94.0 Å². The Morgan fingerprint density at radius 1 is 0.765 bits per heavy atom. The van der Waals surface area contributed by atoms with E-state index in [1.54, 1.807) is 6.07 Å². The Balaban J connectivity index is 1.89. The first-order valence-corrected chi connectivity index (χ1v) is 11.6. The Labute approximate surface area is 201 Å². The third-order valence-electron chi connectivity index (χ3n) is 5.87. The van der Waals surface area contributed by atoms with Gasteiger partial charge >= 0.3 is 0 Å². The van der Waals surface area contributed by atoms with E-state index in [-0.39, 0.29) is 0 Å². The summed E-state index contributed by atoms with van der Waals surface area (Å²) in [6, 6.07) is 24.3. The summed E-state index contributed by atoms with van der Waals surface area (Å²) in [4.78, 5) is 13.0. The van der Waals surface area contributed by atoms with Crippen LogP contribution in [0.2, 0.25) is 0 Å². The summed E-state index contributed by atoms with van der Waals surface area (Å²) in [5.41, 5.74) is 1.61. The fourth-order valence-electron chi connectivity index (χ4n) is 4.13. The van der Waals surface area contributed by atoms with Crippen molar-refractivity contribution in [1.29, 1.82) is 0 Å². The molecule has 4 aromatic rings. The van der Waals surface area contributed by atoms with Crippen LogP contribution in [0.1, 0.15) is 52.7 Å². The van der Waals surface area contributed by atoms with Crippen molar-refractivity contribution in [3.8, 4) is 0 Å². The van der Waals surface area contributed by atoms with E-state index in [0.29, 0.717) is 11.4 Å². The van der Waals surface area contributed by atoms with Gasteiger partial charge in [0.2, 0.25) is 5.54 Å². The lowest BCUT2D eigenvalue weighted by atomic mass is 9.96. The lowest BCUT2D eigenvalue weighted by molar-refractivity contribution is -0.540. The van der Waals surface area contributed by atoms with E-state index in [1.165, 1.54) is 10.8 Å². The van der Waals surface area contributed by atoms with Crippen LogP contribution in [0.4, 0.5) is 11.4 Å². The van der Waals surface area contributed by atoms with Gasteiger partial charge in [0.25, 0.3) is 5.69 Å². The number of hydrogen-bond acceptors (Lipinski definition) is 3. The predicted molar refractivity (Wildman–Crippen MR) is 145 cm³/mol. The number of hydroxylamine groups is 1. The van der Waals surface area contributed by atoms with Gasteiger partial charge in [-0.2, -0.15) is 0 Å². The normalized spacial score (nSPS) is 12.6. The molecule has 174 valence electrons. The highest BCUT2D eigenvalue weighted by molar-refractivity contribution is 6.07. The summed E-state index contributed by atoms with van der Waals surface area (Å²) < 4.78 is 0.970. The lowest BCUT2D eigenvalue weighted by Crippen LogP contribution is -2.36. The van der Waals surface area contributed by atoms with Gasteiger partial charge in [-0.1, -0.05) is 60.7 Å². The lowest BCUT2D eigenvalue weighted by Gasteiger charge is -2.43. The van der Waals surface area contributed by atoms with Crippen molar-refractivity contribution in [2.75, 3.05) is 5.06 Å². The molecule has 0 N–H and O–H groups in total. The number of hydrogen-bond donors (Lipinski definition) is 0. The van der Waals surface area contributed by atoms with E-state index in [2.05, 4.69) is 36.4 Å². The van der Waals surface area contributed by atoms with Crippen LogP contribution in [0.15, 0.2) is 72.8 Å². The van der Waals surface area contributed by atoms with Gasteiger partial charge in [-0.15, -0.1) is 0 Å². The quantitative estimate of drug-likeness (QED) is 0.135. The first-order valence-electron chi connectivity index (χ1n) is 11.6. The molecule has 0 atom stereocenters. The smallest absolute Gasteiger partial charge is 0.259 e. The molecule has 0 saturated heterocycles. The number of nitroso groups, excluding NO2 is 1. The standard InChI is InChI=1S/C30H32N2O2/c1-29(2,3)31(33)24-17-21(18-25(20-24)32(34)30(4,5)6)15-16-28-26-13-9-7-11-22(26)19-23-12-8-10-14-27(23)28/h7-20H,1-6H3/b16-15+. The van der Waals surface area contributed by atoms with Gasteiger partial charge in [-0.3, -0.25) is 0 Å². The highest BCUT2D eigenvalue weighted by Crippen LogP contribution is 2.33. The number of rotatable bonds is 4. The first kappa shape index (κ1) is 23.7. The summed E-state index contributed by atoms with van der Waals surface area (Å²) >= 11 is 0. The molecular formula is C30H32N2O2. The molecule has 0 amide bonds. The van der Waals surface area contributed by atoms with Crippen LogP contribution in [0.5, 0.6) is 0 Å². The second-order valence-electron chi connectivity index (χ2n) is 10.8. The number of benzene rings is 4. The Bertz CT molecular complexity index is 1350. The van der Waals surface area contributed by atoms with Gasteiger partial charge in [0.05, 0.1) is 0 Å². The van der Waals surface area contributed by atoms with Crippen LogP contribution < -0.4 is 5.06 Å². The molecule has 34 heavy (non-hydrogen) atoms. The topological polar surface area (TPSA) is 46.4 Å². The maximum absolute atomic E-state index is 13.0. The molecule has 4 nitrogen and oxygen atoms in total. The minimum absolute atomic E-state index is 0.470. The minimum Gasteiger partial charge on any atom is -0.758 e. The van der Waals surface area contributed by atoms with Gasteiger partial charge in [0.1, 0.15) is 0 Å². The van der Waals surface area contributed by atoms with E-state index in [1.807, 2.05) is 84.0 Å². The highest BCUT2D eigenvalue weighted by atomic mass is 16.5. The van der Waals surface area contributed by atoms with Gasteiger partial charge in [-0.25, -0.2) is 0 Å². The third-order valence-corrected chi connectivity index (χ3v) is 5.87. The molecule has 0 spiro atoms. The zero-order chi connectivity index (χ0) is 24.7. The Hall–Kier alpha value is -3.50. The zero-order valence-corrected chi connectivity index (χ0v) is 20.8. The van der Waals surface area contributed by atoms with Crippen molar-refractivity contribution >= 4 is 45.1 Å². The van der Waals surface area contributed by atoms with E-state index >= 15 is 0 Å². The van der Waals surface area contributed by atoms with Gasteiger partial charge in [0.15, 0.2) is 0 Å². The monoisotopic (exact) mass is 452 g/mol. The largest absolute Gasteiger partial charge is 0.758 e. The van der Waals surface area contributed by atoms with Crippen LogP contribution in [-0.2, 0) is 0 Å². The average Bonchev–Trinajstić information content (AvgIpc) is 2.79. The van der Waals surface area contributed by atoms with Crippen LogP contribution in [0, 0.1) is 10.1 Å². The van der Waals surface area contributed by atoms with E-state index < -0.39 is 11.1 Å². The Kier molecular flexibility index (Phi) is 6.05. The minimum atomic E-state index is -0.624. The molecule has 0 saturated carbocycles. The molecule has 0 aliphatic heterocycles. The first-order chi connectivity index (χ1) is 15.9. The SMILES string of the molecule is CC(C)(C)N([O-])c1cc(/C=C/c2c3ccccc3cc3ccccc23)cc([N+](=O)C(C)(C)C)c1. The zero-order valence-electron chi connectivity index (χ0n) is 20.8. The molecule has 4 aromatic carbocycles. The fraction of sp³-hybridized carbons (Fsp3) is 0.267.